The first kappa shape index (κ1) is 26.0. The van der Waals surface area contributed by atoms with Gasteiger partial charge in [0.25, 0.3) is 0 Å². The van der Waals surface area contributed by atoms with Crippen molar-refractivity contribution < 1.29 is 14.4 Å². The van der Waals surface area contributed by atoms with Gasteiger partial charge in [-0.25, -0.2) is 10.1 Å². The van der Waals surface area contributed by atoms with Gasteiger partial charge < -0.3 is 14.4 Å². The van der Waals surface area contributed by atoms with E-state index in [1.165, 1.54) is 11.3 Å². The zero-order chi connectivity index (χ0) is 27.4. The highest BCUT2D eigenvalue weighted by molar-refractivity contribution is 7.18. The van der Waals surface area contributed by atoms with Gasteiger partial charge >= 0.3 is 0 Å². The maximum atomic E-state index is 11.6. The summed E-state index contributed by atoms with van der Waals surface area (Å²) in [5.74, 6) is 1.83. The molecular weight excluding hydrogens is 571 g/mol. The minimum absolute atomic E-state index is 0.00142. The van der Waals surface area contributed by atoms with Gasteiger partial charge in [0.15, 0.2) is 5.82 Å². The average molecular weight is 598 g/mol. The van der Waals surface area contributed by atoms with E-state index in [-0.39, 0.29) is 6.10 Å². The molecule has 2 fully saturated rings. The number of hydrogen-bond donors (Lipinski definition) is 2. The summed E-state index contributed by atoms with van der Waals surface area (Å²) in [6, 6.07) is 9.44. The molecule has 7 rings (SSSR count). The Morgan fingerprint density at radius 1 is 1.15 bits per heavy atom. The molecule has 9 nitrogen and oxygen atoms in total. The van der Waals surface area contributed by atoms with Gasteiger partial charge in [0.05, 0.1) is 33.0 Å². The summed E-state index contributed by atoms with van der Waals surface area (Å²) >= 11 is 14.5. The number of rotatable bonds is 7. The van der Waals surface area contributed by atoms with Crippen LogP contribution in [0.25, 0.3) is 32.9 Å². The van der Waals surface area contributed by atoms with E-state index >= 15 is 0 Å². The van der Waals surface area contributed by atoms with Gasteiger partial charge in [-0.15, -0.1) is 16.4 Å². The SMILES string of the molecule is Cc1cc(-c2nnn[nH]2)cc2sc(C3(O)CCC(OCc4c(-c5c(Cl)cccc5Cl)noc4C4CC4)CC3)nc12. The molecule has 3 aromatic heterocycles. The highest BCUT2D eigenvalue weighted by Gasteiger charge is 2.39. The number of nitrogens with one attached hydrogen (secondary N) is 1. The minimum Gasteiger partial charge on any atom is -0.383 e. The van der Waals surface area contributed by atoms with Crippen LogP contribution in [0.5, 0.6) is 0 Å². The summed E-state index contributed by atoms with van der Waals surface area (Å²) in [5.41, 5.74) is 4.05. The van der Waals surface area contributed by atoms with Crippen LogP contribution in [0, 0.1) is 6.92 Å². The van der Waals surface area contributed by atoms with Gasteiger partial charge in [-0.3, -0.25) is 0 Å². The Bertz CT molecular complexity index is 1670. The van der Waals surface area contributed by atoms with Crippen molar-refractivity contribution in [1.82, 2.24) is 30.8 Å². The molecule has 0 bridgehead atoms. The number of nitrogens with zero attached hydrogens (tertiary/aromatic N) is 5. The molecule has 2 aliphatic carbocycles. The number of thiazole rings is 1. The quantitative estimate of drug-likeness (QED) is 0.206. The fourth-order valence-corrected chi connectivity index (χ4v) is 7.32. The van der Waals surface area contributed by atoms with Crippen LogP contribution in [0.15, 0.2) is 34.9 Å². The van der Waals surface area contributed by atoms with Crippen LogP contribution in [-0.2, 0) is 16.9 Å². The second-order valence-corrected chi connectivity index (χ2v) is 12.5. The third-order valence-electron chi connectivity index (χ3n) is 7.89. The van der Waals surface area contributed by atoms with E-state index < -0.39 is 5.60 Å². The maximum absolute atomic E-state index is 11.6. The molecule has 2 saturated carbocycles. The highest BCUT2D eigenvalue weighted by atomic mass is 35.5. The van der Waals surface area contributed by atoms with E-state index in [0.29, 0.717) is 65.3 Å². The van der Waals surface area contributed by atoms with E-state index in [9.17, 15) is 5.11 Å². The number of aliphatic hydroxyl groups is 1. The molecule has 5 aromatic rings. The van der Waals surface area contributed by atoms with Crippen molar-refractivity contribution in [3.05, 3.63) is 62.3 Å². The Labute approximate surface area is 243 Å². The standard InChI is InChI=1S/C28H26Cl2N6O3S/c1-14-11-16(26-32-35-36-33-26)12-21-23(14)31-27(40-21)28(37)9-7-17(8-10-28)38-13-18-24(34-39-25(18)15-5-6-15)22-19(29)3-2-4-20(22)30/h2-4,11-12,15,17,37H,5-10,13H2,1H3,(H,32,33,35,36). The van der Waals surface area contributed by atoms with E-state index in [4.69, 9.17) is 37.4 Å². The summed E-state index contributed by atoms with van der Waals surface area (Å²) in [4.78, 5) is 4.86. The summed E-state index contributed by atoms with van der Waals surface area (Å²) < 4.78 is 13.2. The number of ether oxygens (including phenoxy) is 1. The van der Waals surface area contributed by atoms with Crippen LogP contribution >= 0.6 is 34.5 Å². The number of aryl methyl sites for hydroxylation is 1. The Morgan fingerprint density at radius 3 is 2.62 bits per heavy atom. The molecule has 0 spiro atoms. The number of aromatic nitrogens is 6. The number of benzene rings is 2. The maximum Gasteiger partial charge on any atom is 0.179 e. The topological polar surface area (TPSA) is 123 Å². The summed E-state index contributed by atoms with van der Waals surface area (Å²) in [6.45, 7) is 2.37. The Balaban J connectivity index is 1.07. The molecule has 2 N–H and O–H groups in total. The summed E-state index contributed by atoms with van der Waals surface area (Å²) in [6.07, 6.45) is 4.72. The molecule has 3 heterocycles. The predicted octanol–water partition coefficient (Wildman–Crippen LogP) is 6.97. The normalized spacial score (nSPS) is 21.4. The van der Waals surface area contributed by atoms with Gasteiger partial charge in [-0.2, -0.15) is 0 Å². The van der Waals surface area contributed by atoms with Gasteiger partial charge in [0.2, 0.25) is 0 Å². The summed E-state index contributed by atoms with van der Waals surface area (Å²) in [7, 11) is 0. The number of H-pyrrole nitrogens is 1. The molecule has 0 amide bonds. The smallest absolute Gasteiger partial charge is 0.179 e. The molecule has 0 radical (unpaired) electrons. The largest absolute Gasteiger partial charge is 0.383 e. The third kappa shape index (κ3) is 4.71. The zero-order valence-electron chi connectivity index (χ0n) is 21.7. The number of aromatic amines is 1. The molecule has 0 aliphatic heterocycles. The first-order valence-electron chi connectivity index (χ1n) is 13.3. The number of tetrazole rings is 1. The van der Waals surface area contributed by atoms with Gasteiger partial charge in [-0.05, 0) is 85.7 Å². The molecular formula is C28H26Cl2N6O3S. The van der Waals surface area contributed by atoms with Crippen molar-refractivity contribution in [3.8, 4) is 22.6 Å². The fourth-order valence-electron chi connectivity index (χ4n) is 5.51. The monoisotopic (exact) mass is 596 g/mol. The van der Waals surface area contributed by atoms with Crippen molar-refractivity contribution in [2.24, 2.45) is 0 Å². The van der Waals surface area contributed by atoms with Gasteiger partial charge in [0, 0.05) is 22.6 Å². The van der Waals surface area contributed by atoms with E-state index in [0.717, 1.165) is 50.5 Å². The van der Waals surface area contributed by atoms with Crippen LogP contribution in [0.4, 0.5) is 0 Å². The molecule has 2 aromatic carbocycles. The van der Waals surface area contributed by atoms with E-state index in [1.54, 1.807) is 12.1 Å². The highest BCUT2D eigenvalue weighted by Crippen LogP contribution is 2.47. The van der Waals surface area contributed by atoms with Crippen molar-refractivity contribution in [2.45, 2.75) is 69.7 Å². The molecule has 2 aliphatic rings. The van der Waals surface area contributed by atoms with Gasteiger partial charge in [-0.1, -0.05) is 34.4 Å². The van der Waals surface area contributed by atoms with E-state index in [2.05, 4.69) is 25.8 Å². The van der Waals surface area contributed by atoms with Crippen LogP contribution < -0.4 is 0 Å². The van der Waals surface area contributed by atoms with Crippen LogP contribution in [0.3, 0.4) is 0 Å². The second-order valence-electron chi connectivity index (χ2n) is 10.7. The molecule has 0 saturated heterocycles. The Kier molecular flexibility index (Phi) is 6.63. The number of fused-ring (bicyclic) bond motifs is 1. The van der Waals surface area contributed by atoms with Crippen LogP contribution in [0.2, 0.25) is 10.0 Å². The lowest BCUT2D eigenvalue weighted by atomic mass is 9.83. The van der Waals surface area contributed by atoms with Crippen LogP contribution in [0.1, 0.15) is 66.3 Å². The van der Waals surface area contributed by atoms with E-state index in [1.807, 2.05) is 25.1 Å². The molecule has 0 atom stereocenters. The lowest BCUT2D eigenvalue weighted by Crippen LogP contribution is -2.34. The van der Waals surface area contributed by atoms with Crippen LogP contribution in [-0.4, -0.2) is 42.0 Å². The Morgan fingerprint density at radius 2 is 1.93 bits per heavy atom. The first-order valence-corrected chi connectivity index (χ1v) is 14.9. The van der Waals surface area contributed by atoms with Crippen molar-refractivity contribution in [1.29, 1.82) is 0 Å². The first-order chi connectivity index (χ1) is 19.4. The molecule has 40 heavy (non-hydrogen) atoms. The molecule has 0 unspecified atom stereocenters. The predicted molar refractivity (Wildman–Crippen MR) is 152 cm³/mol. The van der Waals surface area contributed by atoms with Crippen molar-refractivity contribution in [3.63, 3.8) is 0 Å². The second kappa shape index (κ2) is 10.2. The average Bonchev–Trinajstić information content (AvgIpc) is 3.31. The van der Waals surface area contributed by atoms with Crippen molar-refractivity contribution in [2.75, 3.05) is 0 Å². The third-order valence-corrected chi connectivity index (χ3v) is 9.72. The van der Waals surface area contributed by atoms with Gasteiger partial charge in [0.1, 0.15) is 22.1 Å². The zero-order valence-corrected chi connectivity index (χ0v) is 24.0. The summed E-state index contributed by atoms with van der Waals surface area (Å²) in [5, 5.41) is 32.0. The lowest BCUT2D eigenvalue weighted by Gasteiger charge is -2.34. The number of halogens is 2. The fraction of sp³-hybridized carbons (Fsp3) is 0.393. The van der Waals surface area contributed by atoms with Crippen molar-refractivity contribution >= 4 is 44.8 Å². The Hall–Kier alpha value is -2.89. The number of hydrogen-bond acceptors (Lipinski definition) is 9. The molecule has 206 valence electrons. The lowest BCUT2D eigenvalue weighted by molar-refractivity contribution is -0.0640. The minimum atomic E-state index is -0.990. The molecule has 12 heteroatoms.